The summed E-state index contributed by atoms with van der Waals surface area (Å²) in [6, 6.07) is 0.523. The van der Waals surface area contributed by atoms with Crippen molar-refractivity contribution >= 4 is 6.03 Å². The number of amides is 2. The van der Waals surface area contributed by atoms with Crippen LogP contribution in [0.5, 0.6) is 0 Å². The first kappa shape index (κ1) is 14.8. The van der Waals surface area contributed by atoms with Gasteiger partial charge in [0.05, 0.1) is 0 Å². The monoisotopic (exact) mass is 304 g/mol. The first-order valence-corrected chi connectivity index (χ1v) is 9.47. The summed E-state index contributed by atoms with van der Waals surface area (Å²) >= 11 is 0. The number of carbonyl (C=O) groups excluding carboxylic acids is 1. The third-order valence-electron chi connectivity index (χ3n) is 6.95. The van der Waals surface area contributed by atoms with Gasteiger partial charge in [-0.05, 0) is 68.1 Å². The number of rotatable bonds is 2. The maximum Gasteiger partial charge on any atom is 0.315 e. The highest BCUT2D eigenvalue weighted by atomic mass is 16.2. The van der Waals surface area contributed by atoms with E-state index in [0.29, 0.717) is 16.9 Å². The van der Waals surface area contributed by atoms with Gasteiger partial charge in [0.2, 0.25) is 0 Å². The van der Waals surface area contributed by atoms with Gasteiger partial charge in [-0.2, -0.15) is 0 Å². The van der Waals surface area contributed by atoms with Gasteiger partial charge < -0.3 is 10.6 Å². The molecule has 2 amide bonds. The molecular formula is C19H32N2O. The standard InChI is InChI=1S/C19H32N2O/c1-17-8-14-9-18(2,11-17)13-19(10-14,12-17)21-16(22)20-15-6-4-3-5-7-15/h14-15H,3-13H2,1-2H3,(H2,20,21,22)/t14?,17-,18+,19?. The normalized spacial score (nSPS) is 47.5. The minimum absolute atomic E-state index is 0.0850. The second-order valence-corrected chi connectivity index (χ2v) is 9.84. The predicted octanol–water partition coefficient (Wildman–Crippen LogP) is 4.37. The van der Waals surface area contributed by atoms with Crippen molar-refractivity contribution < 1.29 is 4.79 Å². The van der Waals surface area contributed by atoms with E-state index in [4.69, 9.17) is 0 Å². The van der Waals surface area contributed by atoms with Gasteiger partial charge in [0.1, 0.15) is 0 Å². The SMILES string of the molecule is C[C@]12CC3CC(NC(=O)NC4CCCCC4)(C1)C[C@@](C)(C3)C2. The van der Waals surface area contributed by atoms with Crippen LogP contribution in [-0.4, -0.2) is 17.6 Å². The molecule has 0 spiro atoms. The Morgan fingerprint density at radius 1 is 0.909 bits per heavy atom. The minimum Gasteiger partial charge on any atom is -0.335 e. The van der Waals surface area contributed by atoms with Crippen molar-refractivity contribution in [2.24, 2.45) is 16.7 Å². The fourth-order valence-corrected chi connectivity index (χ4v) is 7.30. The molecule has 0 aromatic carbocycles. The van der Waals surface area contributed by atoms with E-state index in [-0.39, 0.29) is 11.6 Å². The molecule has 4 bridgehead atoms. The van der Waals surface area contributed by atoms with Crippen molar-refractivity contribution in [1.82, 2.24) is 10.6 Å². The Hall–Kier alpha value is -0.730. The van der Waals surface area contributed by atoms with Crippen LogP contribution >= 0.6 is 0 Å². The minimum atomic E-state index is 0.0850. The molecule has 0 aromatic heterocycles. The zero-order chi connectivity index (χ0) is 15.4. The Morgan fingerprint density at radius 2 is 1.55 bits per heavy atom. The van der Waals surface area contributed by atoms with Gasteiger partial charge in [0, 0.05) is 11.6 Å². The quantitative estimate of drug-likeness (QED) is 0.781. The third-order valence-corrected chi connectivity index (χ3v) is 6.95. The van der Waals surface area contributed by atoms with Crippen LogP contribution in [0, 0.1) is 16.7 Å². The van der Waals surface area contributed by atoms with Crippen LogP contribution in [0.15, 0.2) is 0 Å². The Balaban J connectivity index is 1.44. The van der Waals surface area contributed by atoms with Gasteiger partial charge in [0.15, 0.2) is 0 Å². The molecule has 22 heavy (non-hydrogen) atoms. The van der Waals surface area contributed by atoms with Crippen molar-refractivity contribution in [2.75, 3.05) is 0 Å². The van der Waals surface area contributed by atoms with Crippen LogP contribution in [0.2, 0.25) is 0 Å². The Kier molecular flexibility index (Phi) is 3.29. The molecule has 4 atom stereocenters. The lowest BCUT2D eigenvalue weighted by Crippen LogP contribution is -2.66. The maximum absolute atomic E-state index is 12.6. The summed E-state index contributed by atoms with van der Waals surface area (Å²) < 4.78 is 0. The molecule has 0 aliphatic heterocycles. The molecule has 5 saturated carbocycles. The highest BCUT2D eigenvalue weighted by molar-refractivity contribution is 5.75. The number of hydrogen-bond acceptors (Lipinski definition) is 1. The highest BCUT2D eigenvalue weighted by Gasteiger charge is 2.60. The molecular weight excluding hydrogens is 272 g/mol. The van der Waals surface area contributed by atoms with Crippen molar-refractivity contribution in [3.05, 3.63) is 0 Å². The lowest BCUT2D eigenvalue weighted by molar-refractivity contribution is -0.113. The molecule has 5 aliphatic rings. The van der Waals surface area contributed by atoms with Crippen molar-refractivity contribution in [1.29, 1.82) is 0 Å². The first-order chi connectivity index (χ1) is 10.4. The molecule has 5 rings (SSSR count). The largest absolute Gasteiger partial charge is 0.335 e. The maximum atomic E-state index is 12.6. The van der Waals surface area contributed by atoms with Crippen molar-refractivity contribution in [3.8, 4) is 0 Å². The Morgan fingerprint density at radius 3 is 2.14 bits per heavy atom. The van der Waals surface area contributed by atoms with E-state index >= 15 is 0 Å². The van der Waals surface area contributed by atoms with E-state index in [1.807, 2.05) is 0 Å². The van der Waals surface area contributed by atoms with E-state index in [2.05, 4.69) is 24.5 Å². The second-order valence-electron chi connectivity index (χ2n) is 9.84. The molecule has 0 saturated heterocycles. The zero-order valence-corrected chi connectivity index (χ0v) is 14.3. The molecule has 5 fully saturated rings. The lowest BCUT2D eigenvalue weighted by Gasteiger charge is -2.65. The molecule has 0 radical (unpaired) electrons. The lowest BCUT2D eigenvalue weighted by atomic mass is 9.43. The zero-order valence-electron chi connectivity index (χ0n) is 14.3. The third kappa shape index (κ3) is 2.65. The molecule has 5 aliphatic carbocycles. The fourth-order valence-electron chi connectivity index (χ4n) is 7.30. The van der Waals surface area contributed by atoms with Crippen LogP contribution in [0.1, 0.15) is 84.5 Å². The smallest absolute Gasteiger partial charge is 0.315 e. The summed E-state index contributed by atoms with van der Waals surface area (Å²) in [6.45, 7) is 4.93. The Bertz CT molecular complexity index is 450. The molecule has 2 unspecified atom stereocenters. The topological polar surface area (TPSA) is 41.1 Å². The van der Waals surface area contributed by atoms with E-state index in [1.54, 1.807) is 0 Å². The summed E-state index contributed by atoms with van der Waals surface area (Å²) in [4.78, 5) is 12.6. The van der Waals surface area contributed by atoms with Crippen LogP contribution in [0.3, 0.4) is 0 Å². The van der Waals surface area contributed by atoms with Crippen LogP contribution in [0.25, 0.3) is 0 Å². The first-order valence-electron chi connectivity index (χ1n) is 9.47. The molecule has 3 heteroatoms. The number of hydrogen-bond donors (Lipinski definition) is 2. The fraction of sp³-hybridized carbons (Fsp3) is 0.947. The Labute approximate surface area is 135 Å². The molecule has 0 heterocycles. The summed E-state index contributed by atoms with van der Waals surface area (Å²) in [5.74, 6) is 0.834. The predicted molar refractivity (Wildman–Crippen MR) is 88.7 cm³/mol. The van der Waals surface area contributed by atoms with Gasteiger partial charge in [-0.3, -0.25) is 0 Å². The average Bonchev–Trinajstić information content (AvgIpc) is 2.34. The summed E-state index contributed by atoms with van der Waals surface area (Å²) in [7, 11) is 0. The molecule has 124 valence electrons. The van der Waals surface area contributed by atoms with Gasteiger partial charge >= 0.3 is 6.03 Å². The van der Waals surface area contributed by atoms with Gasteiger partial charge in [-0.15, -0.1) is 0 Å². The summed E-state index contributed by atoms with van der Waals surface area (Å²) in [5.41, 5.74) is 1.01. The summed E-state index contributed by atoms with van der Waals surface area (Å²) in [5, 5.41) is 6.74. The molecule has 2 N–H and O–H groups in total. The van der Waals surface area contributed by atoms with Gasteiger partial charge in [-0.1, -0.05) is 33.1 Å². The van der Waals surface area contributed by atoms with E-state index in [9.17, 15) is 4.79 Å². The van der Waals surface area contributed by atoms with E-state index < -0.39 is 0 Å². The number of urea groups is 1. The van der Waals surface area contributed by atoms with Crippen LogP contribution in [0.4, 0.5) is 4.79 Å². The van der Waals surface area contributed by atoms with Crippen LogP contribution < -0.4 is 10.6 Å². The van der Waals surface area contributed by atoms with Gasteiger partial charge in [0.25, 0.3) is 0 Å². The van der Waals surface area contributed by atoms with Gasteiger partial charge in [-0.25, -0.2) is 4.79 Å². The van der Waals surface area contributed by atoms with E-state index in [0.717, 1.165) is 5.92 Å². The van der Waals surface area contributed by atoms with Crippen molar-refractivity contribution in [2.45, 2.75) is 96.1 Å². The highest BCUT2D eigenvalue weighted by Crippen LogP contribution is 2.66. The average molecular weight is 304 g/mol. The van der Waals surface area contributed by atoms with E-state index in [1.165, 1.54) is 70.6 Å². The second kappa shape index (κ2) is 4.88. The number of carbonyl (C=O) groups is 1. The van der Waals surface area contributed by atoms with Crippen LogP contribution in [-0.2, 0) is 0 Å². The molecule has 0 aromatic rings. The number of nitrogens with one attached hydrogen (secondary N) is 2. The van der Waals surface area contributed by atoms with Crippen molar-refractivity contribution in [3.63, 3.8) is 0 Å². The molecule has 3 nitrogen and oxygen atoms in total. The summed E-state index contributed by atoms with van der Waals surface area (Å²) in [6.07, 6.45) is 14.0.